The van der Waals surface area contributed by atoms with Gasteiger partial charge in [-0.2, -0.15) is 5.10 Å². The van der Waals surface area contributed by atoms with E-state index in [0.29, 0.717) is 18.7 Å². The molecule has 0 saturated heterocycles. The average molecular weight is 274 g/mol. The summed E-state index contributed by atoms with van der Waals surface area (Å²) in [5.41, 5.74) is 2.09. The Hall–Kier alpha value is -2.21. The lowest BCUT2D eigenvalue weighted by molar-refractivity contribution is 0.0934. The Morgan fingerprint density at radius 2 is 2.35 bits per heavy atom. The molecule has 0 aliphatic rings. The average Bonchev–Trinajstić information content (AvgIpc) is 2.91. The van der Waals surface area contributed by atoms with E-state index >= 15 is 0 Å². The maximum atomic E-state index is 11.8. The van der Waals surface area contributed by atoms with Crippen LogP contribution in [0.25, 0.3) is 0 Å². The van der Waals surface area contributed by atoms with Gasteiger partial charge in [-0.05, 0) is 31.5 Å². The normalized spacial score (nSPS) is 12.1. The molecular formula is C14H18N4O2. The van der Waals surface area contributed by atoms with Crippen molar-refractivity contribution < 1.29 is 9.90 Å². The molecule has 106 valence electrons. The number of aromatic nitrogens is 3. The van der Waals surface area contributed by atoms with E-state index in [2.05, 4.69) is 20.5 Å². The quantitative estimate of drug-likeness (QED) is 0.723. The van der Waals surface area contributed by atoms with Crippen LogP contribution in [-0.2, 0) is 6.42 Å². The highest BCUT2D eigenvalue weighted by atomic mass is 16.3. The van der Waals surface area contributed by atoms with Gasteiger partial charge in [0.25, 0.3) is 5.91 Å². The number of carbonyl (C=O) groups excluding carboxylic acids is 1. The largest absolute Gasteiger partial charge is 0.396 e. The van der Waals surface area contributed by atoms with Crippen molar-refractivity contribution in [1.29, 1.82) is 0 Å². The summed E-state index contributed by atoms with van der Waals surface area (Å²) in [6, 6.07) is 7.34. The first kappa shape index (κ1) is 14.2. The molecule has 2 rings (SSSR count). The molecule has 0 fully saturated rings. The van der Waals surface area contributed by atoms with Crippen LogP contribution in [-0.4, -0.2) is 39.3 Å². The summed E-state index contributed by atoms with van der Waals surface area (Å²) < 4.78 is 0. The Labute approximate surface area is 117 Å². The van der Waals surface area contributed by atoms with Crippen molar-refractivity contribution in [2.24, 2.45) is 5.92 Å². The number of hydrogen-bond donors (Lipinski definition) is 3. The molecule has 0 bridgehead atoms. The van der Waals surface area contributed by atoms with Crippen LogP contribution in [0.2, 0.25) is 0 Å². The molecule has 0 aliphatic carbocycles. The number of aryl methyl sites for hydroxylation is 1. The van der Waals surface area contributed by atoms with Crippen LogP contribution < -0.4 is 5.32 Å². The van der Waals surface area contributed by atoms with Crippen molar-refractivity contribution in [1.82, 2.24) is 20.5 Å². The van der Waals surface area contributed by atoms with Crippen molar-refractivity contribution in [3.63, 3.8) is 0 Å². The Bertz CT molecular complexity index is 553. The lowest BCUT2D eigenvalue weighted by Gasteiger charge is -2.14. The monoisotopic (exact) mass is 274 g/mol. The van der Waals surface area contributed by atoms with Gasteiger partial charge >= 0.3 is 0 Å². The maximum Gasteiger partial charge on any atom is 0.271 e. The van der Waals surface area contributed by atoms with Gasteiger partial charge in [0.15, 0.2) is 0 Å². The smallest absolute Gasteiger partial charge is 0.271 e. The lowest BCUT2D eigenvalue weighted by atomic mass is 10.0. The molecule has 0 radical (unpaired) electrons. The standard InChI is InChI=1S/C14H18N4O2/c1-10-6-13(18-17-10)14(20)16-8-11(9-19)7-12-4-2-3-5-15-12/h2-6,11,19H,7-9H2,1H3,(H,16,20)(H,17,18). The van der Waals surface area contributed by atoms with Gasteiger partial charge < -0.3 is 10.4 Å². The summed E-state index contributed by atoms with van der Waals surface area (Å²) in [7, 11) is 0. The fourth-order valence-corrected chi connectivity index (χ4v) is 1.88. The molecule has 2 heterocycles. The lowest BCUT2D eigenvalue weighted by Crippen LogP contribution is -2.32. The van der Waals surface area contributed by atoms with E-state index in [9.17, 15) is 9.90 Å². The van der Waals surface area contributed by atoms with Gasteiger partial charge in [0.1, 0.15) is 5.69 Å². The van der Waals surface area contributed by atoms with E-state index in [4.69, 9.17) is 0 Å². The topological polar surface area (TPSA) is 90.9 Å². The Morgan fingerprint density at radius 1 is 1.50 bits per heavy atom. The fourth-order valence-electron chi connectivity index (χ4n) is 1.88. The second-order valence-corrected chi connectivity index (χ2v) is 4.72. The molecule has 2 aromatic rings. The van der Waals surface area contributed by atoms with Crippen molar-refractivity contribution in [3.05, 3.63) is 47.5 Å². The number of H-pyrrole nitrogens is 1. The Kier molecular flexibility index (Phi) is 4.84. The van der Waals surface area contributed by atoms with Crippen LogP contribution in [0.4, 0.5) is 0 Å². The van der Waals surface area contributed by atoms with Crippen molar-refractivity contribution in [3.8, 4) is 0 Å². The zero-order chi connectivity index (χ0) is 14.4. The van der Waals surface area contributed by atoms with Crippen LogP contribution in [0.15, 0.2) is 30.5 Å². The molecule has 20 heavy (non-hydrogen) atoms. The van der Waals surface area contributed by atoms with Gasteiger partial charge in [-0.25, -0.2) is 0 Å². The predicted molar refractivity (Wildman–Crippen MR) is 74.2 cm³/mol. The van der Waals surface area contributed by atoms with Crippen LogP contribution in [0.3, 0.4) is 0 Å². The van der Waals surface area contributed by atoms with Crippen molar-refractivity contribution in [2.45, 2.75) is 13.3 Å². The number of aromatic amines is 1. The minimum absolute atomic E-state index is 0.00352. The molecule has 1 atom stereocenters. The highest BCUT2D eigenvalue weighted by molar-refractivity contribution is 5.92. The van der Waals surface area contributed by atoms with E-state index < -0.39 is 0 Å². The number of nitrogens with one attached hydrogen (secondary N) is 2. The van der Waals surface area contributed by atoms with E-state index in [0.717, 1.165) is 11.4 Å². The van der Waals surface area contributed by atoms with E-state index in [1.165, 1.54) is 0 Å². The number of hydrogen-bond acceptors (Lipinski definition) is 4. The molecule has 1 amide bonds. The summed E-state index contributed by atoms with van der Waals surface area (Å²) in [6.07, 6.45) is 2.34. The summed E-state index contributed by atoms with van der Waals surface area (Å²) in [5.74, 6) is -0.303. The van der Waals surface area contributed by atoms with Gasteiger partial charge in [-0.3, -0.25) is 14.9 Å². The second kappa shape index (κ2) is 6.81. The van der Waals surface area contributed by atoms with E-state index in [1.54, 1.807) is 12.3 Å². The number of rotatable bonds is 6. The molecule has 0 saturated carbocycles. The fraction of sp³-hybridized carbons (Fsp3) is 0.357. The summed E-state index contributed by atoms with van der Waals surface area (Å²) in [5, 5.41) is 18.8. The number of amides is 1. The Balaban J connectivity index is 1.86. The molecular weight excluding hydrogens is 256 g/mol. The molecule has 0 aliphatic heterocycles. The zero-order valence-electron chi connectivity index (χ0n) is 11.3. The van der Waals surface area contributed by atoms with Gasteiger partial charge in [0.2, 0.25) is 0 Å². The first-order valence-electron chi connectivity index (χ1n) is 6.50. The highest BCUT2D eigenvalue weighted by Crippen LogP contribution is 2.05. The minimum Gasteiger partial charge on any atom is -0.396 e. The molecule has 3 N–H and O–H groups in total. The molecule has 1 unspecified atom stereocenters. The molecule has 6 nitrogen and oxygen atoms in total. The van der Waals surface area contributed by atoms with Crippen LogP contribution in [0.5, 0.6) is 0 Å². The minimum atomic E-state index is -0.242. The van der Waals surface area contributed by atoms with Gasteiger partial charge in [0.05, 0.1) is 0 Å². The number of aliphatic hydroxyl groups is 1. The van der Waals surface area contributed by atoms with Gasteiger partial charge in [-0.15, -0.1) is 0 Å². The number of aliphatic hydroxyl groups excluding tert-OH is 1. The van der Waals surface area contributed by atoms with Crippen LogP contribution >= 0.6 is 0 Å². The summed E-state index contributed by atoms with van der Waals surface area (Å²) in [6.45, 7) is 2.22. The van der Waals surface area contributed by atoms with E-state index in [1.807, 2.05) is 25.1 Å². The maximum absolute atomic E-state index is 11.8. The third-order valence-corrected chi connectivity index (χ3v) is 2.97. The second-order valence-electron chi connectivity index (χ2n) is 4.72. The zero-order valence-corrected chi connectivity index (χ0v) is 11.3. The van der Waals surface area contributed by atoms with Gasteiger partial charge in [0, 0.05) is 36.7 Å². The third-order valence-electron chi connectivity index (χ3n) is 2.97. The molecule has 6 heteroatoms. The molecule has 0 aromatic carbocycles. The molecule has 2 aromatic heterocycles. The van der Waals surface area contributed by atoms with Crippen molar-refractivity contribution >= 4 is 5.91 Å². The van der Waals surface area contributed by atoms with Gasteiger partial charge in [-0.1, -0.05) is 6.07 Å². The SMILES string of the molecule is Cc1cc(C(=O)NCC(CO)Cc2ccccn2)n[nH]1. The first-order chi connectivity index (χ1) is 9.69. The highest BCUT2D eigenvalue weighted by Gasteiger charge is 2.13. The summed E-state index contributed by atoms with van der Waals surface area (Å²) in [4.78, 5) is 16.1. The van der Waals surface area contributed by atoms with Crippen molar-refractivity contribution in [2.75, 3.05) is 13.2 Å². The number of pyridine rings is 1. The number of carbonyl (C=O) groups is 1. The number of nitrogens with zero attached hydrogens (tertiary/aromatic N) is 2. The van der Waals surface area contributed by atoms with Crippen LogP contribution in [0, 0.1) is 12.8 Å². The van der Waals surface area contributed by atoms with Crippen LogP contribution in [0.1, 0.15) is 21.9 Å². The third kappa shape index (κ3) is 3.89. The Morgan fingerprint density at radius 3 is 2.95 bits per heavy atom. The summed E-state index contributed by atoms with van der Waals surface area (Å²) >= 11 is 0. The first-order valence-corrected chi connectivity index (χ1v) is 6.50. The van der Waals surface area contributed by atoms with E-state index in [-0.39, 0.29) is 18.4 Å². The molecule has 0 spiro atoms. The predicted octanol–water partition coefficient (Wildman–Crippen LogP) is 0.694.